The molecule has 0 radical (unpaired) electrons. The molecule has 0 aliphatic heterocycles. The van der Waals surface area contributed by atoms with E-state index in [1.54, 1.807) is 24.3 Å². The summed E-state index contributed by atoms with van der Waals surface area (Å²) in [5.74, 6) is -0.547. The SMILES string of the molecule is N#CC(C#N)=C1C(c2ccc3c(c2)C(=C(C#N)C#N)c2cc(F)ccc2-3)=C(C#N)c2cc(C#N)c(C#N)cc21. The smallest absolute Gasteiger partial charge is 0.138 e. The van der Waals surface area contributed by atoms with Gasteiger partial charge in [-0.1, -0.05) is 18.2 Å². The zero-order valence-electron chi connectivity index (χ0n) is 19.6. The summed E-state index contributed by atoms with van der Waals surface area (Å²) in [6.45, 7) is 0. The third-order valence-electron chi connectivity index (χ3n) is 6.61. The Morgan fingerprint density at radius 2 is 1.03 bits per heavy atom. The van der Waals surface area contributed by atoms with Gasteiger partial charge in [0.1, 0.15) is 59.4 Å². The molecule has 3 aromatic rings. The maximum Gasteiger partial charge on any atom is 0.138 e. The third kappa shape index (κ3) is 3.35. The highest BCUT2D eigenvalue weighted by Crippen LogP contribution is 2.51. The standard InChI is InChI=1S/C31H8FN7/c32-21-2-4-23-22-3-1-16(5-25(22)29(27(23)8-21)19(11-35)12-36)30-28(15-39)24-6-17(9-33)18(10-34)7-26(24)31(30)20(13-37)14-38/h1-8H. The Morgan fingerprint density at radius 3 is 1.59 bits per heavy atom. The van der Waals surface area contributed by atoms with Gasteiger partial charge in [0.15, 0.2) is 0 Å². The van der Waals surface area contributed by atoms with E-state index < -0.39 is 5.82 Å². The maximum absolute atomic E-state index is 14.2. The van der Waals surface area contributed by atoms with Crippen LogP contribution >= 0.6 is 0 Å². The van der Waals surface area contributed by atoms with Crippen LogP contribution in [0, 0.1) is 85.1 Å². The summed E-state index contributed by atoms with van der Waals surface area (Å²) in [6, 6.07) is 25.2. The average molecular weight is 497 g/mol. The molecule has 3 aromatic carbocycles. The molecular formula is C31H8FN7. The van der Waals surface area contributed by atoms with Gasteiger partial charge in [-0.15, -0.1) is 0 Å². The van der Waals surface area contributed by atoms with Crippen molar-refractivity contribution in [3.8, 4) is 53.6 Å². The molecule has 0 unspecified atom stereocenters. The fraction of sp³-hybridized carbons (Fsp3) is 0. The number of nitriles is 7. The van der Waals surface area contributed by atoms with E-state index in [1.807, 2.05) is 36.4 Å². The minimum atomic E-state index is -0.547. The van der Waals surface area contributed by atoms with Crippen LogP contribution in [0.25, 0.3) is 33.4 Å². The topological polar surface area (TPSA) is 167 Å². The van der Waals surface area contributed by atoms with Gasteiger partial charge in [0.2, 0.25) is 0 Å². The van der Waals surface area contributed by atoms with Crippen molar-refractivity contribution in [1.82, 2.24) is 0 Å². The fourth-order valence-electron chi connectivity index (χ4n) is 5.04. The molecule has 0 fully saturated rings. The molecule has 0 amide bonds. The number of nitrogens with zero attached hydrogens (tertiary/aromatic N) is 7. The van der Waals surface area contributed by atoms with Gasteiger partial charge in [-0.3, -0.25) is 0 Å². The zero-order chi connectivity index (χ0) is 27.8. The summed E-state index contributed by atoms with van der Waals surface area (Å²) >= 11 is 0. The first kappa shape index (κ1) is 24.0. The Kier molecular flexibility index (Phi) is 5.55. The van der Waals surface area contributed by atoms with E-state index in [4.69, 9.17) is 0 Å². The predicted molar refractivity (Wildman–Crippen MR) is 136 cm³/mol. The number of hydrogen-bond acceptors (Lipinski definition) is 7. The van der Waals surface area contributed by atoms with Crippen LogP contribution in [0.1, 0.15) is 38.9 Å². The minimum absolute atomic E-state index is 0.0202. The van der Waals surface area contributed by atoms with Crippen molar-refractivity contribution in [2.24, 2.45) is 0 Å². The van der Waals surface area contributed by atoms with Crippen molar-refractivity contribution in [2.75, 3.05) is 0 Å². The summed E-state index contributed by atoms with van der Waals surface area (Å²) in [6.07, 6.45) is 0. The van der Waals surface area contributed by atoms with Crippen LogP contribution in [-0.4, -0.2) is 0 Å². The van der Waals surface area contributed by atoms with Crippen molar-refractivity contribution in [3.63, 3.8) is 0 Å². The molecule has 0 heterocycles. The summed E-state index contributed by atoms with van der Waals surface area (Å²) in [5.41, 5.74) is 3.19. The molecule has 2 aliphatic carbocycles. The lowest BCUT2D eigenvalue weighted by molar-refractivity contribution is 0.627. The molecule has 0 aromatic heterocycles. The average Bonchev–Trinajstić information content (AvgIpc) is 3.45. The van der Waals surface area contributed by atoms with Gasteiger partial charge in [-0.05, 0) is 63.7 Å². The Labute approximate surface area is 221 Å². The van der Waals surface area contributed by atoms with Gasteiger partial charge in [0.25, 0.3) is 0 Å². The van der Waals surface area contributed by atoms with Gasteiger partial charge in [-0.2, -0.15) is 36.8 Å². The van der Waals surface area contributed by atoms with Crippen molar-refractivity contribution < 1.29 is 4.39 Å². The van der Waals surface area contributed by atoms with Crippen LogP contribution in [0.15, 0.2) is 59.7 Å². The normalized spacial score (nSPS) is 11.8. The molecule has 0 saturated carbocycles. The Morgan fingerprint density at radius 1 is 0.513 bits per heavy atom. The molecule has 0 bridgehead atoms. The van der Waals surface area contributed by atoms with Crippen molar-refractivity contribution in [2.45, 2.75) is 0 Å². The highest BCUT2D eigenvalue weighted by molar-refractivity contribution is 6.26. The van der Waals surface area contributed by atoms with Gasteiger partial charge in [0, 0.05) is 22.3 Å². The number of hydrogen-bond donors (Lipinski definition) is 0. The molecular weight excluding hydrogens is 489 g/mol. The third-order valence-corrected chi connectivity index (χ3v) is 6.61. The van der Waals surface area contributed by atoms with E-state index in [9.17, 15) is 41.2 Å². The Balaban J connectivity index is 1.88. The van der Waals surface area contributed by atoms with Crippen LogP contribution in [-0.2, 0) is 0 Å². The fourth-order valence-corrected chi connectivity index (χ4v) is 5.04. The van der Waals surface area contributed by atoms with Crippen LogP contribution in [0.4, 0.5) is 4.39 Å². The van der Waals surface area contributed by atoms with Crippen molar-refractivity contribution in [1.29, 1.82) is 36.8 Å². The zero-order valence-corrected chi connectivity index (χ0v) is 19.6. The van der Waals surface area contributed by atoms with E-state index in [0.717, 1.165) is 0 Å². The Hall–Kier alpha value is -6.76. The Bertz CT molecular complexity index is 2060. The second-order valence-electron chi connectivity index (χ2n) is 8.43. The first-order valence-corrected chi connectivity index (χ1v) is 11.1. The molecule has 174 valence electrons. The van der Waals surface area contributed by atoms with Crippen molar-refractivity contribution in [3.05, 3.63) is 104 Å². The van der Waals surface area contributed by atoms with E-state index in [-0.39, 0.29) is 55.7 Å². The highest BCUT2D eigenvalue weighted by Gasteiger charge is 2.34. The van der Waals surface area contributed by atoms with Crippen LogP contribution < -0.4 is 0 Å². The molecule has 7 nitrogen and oxygen atoms in total. The van der Waals surface area contributed by atoms with Crippen molar-refractivity contribution >= 4 is 22.3 Å². The van der Waals surface area contributed by atoms with E-state index in [2.05, 4.69) is 6.07 Å². The van der Waals surface area contributed by atoms with Crippen LogP contribution in [0.2, 0.25) is 0 Å². The van der Waals surface area contributed by atoms with Gasteiger partial charge in [0.05, 0.1) is 16.7 Å². The molecule has 0 atom stereocenters. The summed E-state index contributed by atoms with van der Waals surface area (Å²) < 4.78 is 14.2. The molecule has 0 N–H and O–H groups in total. The summed E-state index contributed by atoms with van der Waals surface area (Å²) in [4.78, 5) is 0. The minimum Gasteiger partial charge on any atom is -0.207 e. The van der Waals surface area contributed by atoms with Gasteiger partial charge < -0.3 is 0 Å². The quantitative estimate of drug-likeness (QED) is 0.306. The first-order valence-electron chi connectivity index (χ1n) is 11.1. The number of rotatable bonds is 1. The molecule has 5 rings (SSSR count). The number of benzene rings is 3. The highest BCUT2D eigenvalue weighted by atomic mass is 19.1. The number of allylic oxidation sites excluding steroid dienone is 5. The van der Waals surface area contributed by atoms with Crippen LogP contribution in [0.3, 0.4) is 0 Å². The van der Waals surface area contributed by atoms with E-state index in [1.165, 1.54) is 24.3 Å². The first-order chi connectivity index (χ1) is 19.0. The lowest BCUT2D eigenvalue weighted by Crippen LogP contribution is -1.95. The second kappa shape index (κ2) is 9.03. The van der Waals surface area contributed by atoms with E-state index >= 15 is 0 Å². The summed E-state index contributed by atoms with van der Waals surface area (Å²) in [7, 11) is 0. The lowest BCUT2D eigenvalue weighted by Gasteiger charge is -2.11. The van der Waals surface area contributed by atoms with Crippen LogP contribution in [0.5, 0.6) is 0 Å². The molecule has 2 aliphatic rings. The molecule has 39 heavy (non-hydrogen) atoms. The van der Waals surface area contributed by atoms with Gasteiger partial charge >= 0.3 is 0 Å². The maximum atomic E-state index is 14.2. The molecule has 0 spiro atoms. The molecule has 8 heteroatoms. The largest absolute Gasteiger partial charge is 0.207 e. The van der Waals surface area contributed by atoms with Gasteiger partial charge in [-0.25, -0.2) is 4.39 Å². The second-order valence-corrected chi connectivity index (χ2v) is 8.43. The number of halogens is 1. The number of fused-ring (bicyclic) bond motifs is 4. The monoisotopic (exact) mass is 497 g/mol. The lowest BCUT2D eigenvalue weighted by atomic mass is 9.89. The summed E-state index contributed by atoms with van der Waals surface area (Å²) in [5, 5.41) is 68.1. The predicted octanol–water partition coefficient (Wildman–Crippen LogP) is 5.65. The van der Waals surface area contributed by atoms with E-state index in [0.29, 0.717) is 27.8 Å². The molecule has 0 saturated heterocycles.